The molecule has 1 unspecified atom stereocenters. The van der Waals surface area contributed by atoms with Crippen molar-refractivity contribution in [2.24, 2.45) is 5.92 Å². The van der Waals surface area contributed by atoms with Crippen molar-refractivity contribution in [3.8, 4) is 0 Å². The number of nitrogens with zero attached hydrogens (tertiary/aromatic N) is 2. The normalized spacial score (nSPS) is 19.6. The van der Waals surface area contributed by atoms with Crippen molar-refractivity contribution < 1.29 is 27.2 Å². The first-order valence-corrected chi connectivity index (χ1v) is 11.9. The van der Waals surface area contributed by atoms with E-state index in [-0.39, 0.29) is 48.4 Å². The molecule has 30 heavy (non-hydrogen) atoms. The monoisotopic (exact) mass is 441 g/mol. The van der Waals surface area contributed by atoms with Gasteiger partial charge in [-0.15, -0.1) is 0 Å². The summed E-state index contributed by atoms with van der Waals surface area (Å²) in [5, 5.41) is 2.72. The molecule has 0 aromatic carbocycles. The van der Waals surface area contributed by atoms with Gasteiger partial charge in [0.1, 0.15) is 0 Å². The first-order valence-electron chi connectivity index (χ1n) is 10.5. The molecule has 168 valence electrons. The van der Waals surface area contributed by atoms with Gasteiger partial charge in [-0.05, 0) is 58.7 Å². The van der Waals surface area contributed by atoms with E-state index in [1.807, 2.05) is 0 Å². The minimum atomic E-state index is -3.86. The Labute approximate surface area is 177 Å². The van der Waals surface area contributed by atoms with Crippen LogP contribution in [-0.4, -0.2) is 74.9 Å². The van der Waals surface area contributed by atoms with Gasteiger partial charge in [-0.1, -0.05) is 0 Å². The van der Waals surface area contributed by atoms with Crippen LogP contribution in [0.3, 0.4) is 0 Å². The van der Waals surface area contributed by atoms with Gasteiger partial charge in [0.25, 0.3) is 10.0 Å². The number of carbonyl (C=O) groups is 2. The topological polar surface area (TPSA) is 109 Å². The number of carbonyl (C=O) groups excluding carboxylic acids is 2. The molecule has 2 fully saturated rings. The summed E-state index contributed by atoms with van der Waals surface area (Å²) in [6.45, 7) is 4.98. The van der Waals surface area contributed by atoms with Crippen molar-refractivity contribution in [3.63, 3.8) is 0 Å². The van der Waals surface area contributed by atoms with Crippen molar-refractivity contribution >= 4 is 21.9 Å². The summed E-state index contributed by atoms with van der Waals surface area (Å²) in [6, 6.07) is 3.47. The second-order valence-electron chi connectivity index (χ2n) is 8.01. The van der Waals surface area contributed by atoms with Crippen molar-refractivity contribution in [3.05, 3.63) is 17.9 Å². The molecule has 0 spiro atoms. The standard InChI is InChI=1S/C20H31N3O6S/c1-4-28-20(25)17-7-8-18(29-17)30(26,27)23-11-9-15(10-12-23)19(24)21-13-14(2)22(3)16-5-6-16/h7-8,14-16H,4-6,9-13H2,1-3H3,(H,21,24). The molecular weight excluding hydrogens is 410 g/mol. The van der Waals surface area contributed by atoms with Gasteiger partial charge >= 0.3 is 5.97 Å². The highest BCUT2D eigenvalue weighted by atomic mass is 32.2. The molecule has 2 aliphatic rings. The SMILES string of the molecule is CCOC(=O)c1ccc(S(=O)(=O)N2CCC(C(=O)NCC(C)N(C)C3CC3)CC2)o1. The summed E-state index contributed by atoms with van der Waals surface area (Å²) >= 11 is 0. The van der Waals surface area contributed by atoms with Crippen LogP contribution in [0.2, 0.25) is 0 Å². The van der Waals surface area contributed by atoms with Gasteiger partial charge in [-0.3, -0.25) is 9.69 Å². The molecule has 3 rings (SSSR count). The highest BCUT2D eigenvalue weighted by Gasteiger charge is 2.35. The molecule has 1 atom stereocenters. The van der Waals surface area contributed by atoms with E-state index in [4.69, 9.17) is 9.15 Å². The fourth-order valence-corrected chi connectivity index (χ4v) is 5.02. The van der Waals surface area contributed by atoms with Crippen molar-refractivity contribution in [2.45, 2.75) is 56.7 Å². The lowest BCUT2D eigenvalue weighted by atomic mass is 9.97. The van der Waals surface area contributed by atoms with Crippen LogP contribution in [0, 0.1) is 5.92 Å². The van der Waals surface area contributed by atoms with Gasteiger partial charge in [0.15, 0.2) is 0 Å². The molecule has 9 nitrogen and oxygen atoms in total. The second-order valence-corrected chi connectivity index (χ2v) is 9.88. The number of nitrogens with one attached hydrogen (secondary N) is 1. The third-order valence-corrected chi connectivity index (χ3v) is 7.64. The Balaban J connectivity index is 1.50. The third kappa shape index (κ3) is 5.22. The molecule has 1 aliphatic carbocycles. The molecule has 10 heteroatoms. The summed E-state index contributed by atoms with van der Waals surface area (Å²) in [4.78, 5) is 26.5. The first-order chi connectivity index (χ1) is 14.2. The Hall–Kier alpha value is -1.91. The van der Waals surface area contributed by atoms with E-state index < -0.39 is 16.0 Å². The molecule has 1 aromatic rings. The summed E-state index contributed by atoms with van der Waals surface area (Å²) in [5.74, 6) is -1.07. The lowest BCUT2D eigenvalue weighted by Gasteiger charge is -2.30. The van der Waals surface area contributed by atoms with Crippen LogP contribution in [0.4, 0.5) is 0 Å². The van der Waals surface area contributed by atoms with Crippen molar-refractivity contribution in [1.82, 2.24) is 14.5 Å². The number of sulfonamides is 1. The third-order valence-electron chi connectivity index (χ3n) is 5.87. The van der Waals surface area contributed by atoms with Gasteiger partial charge in [-0.2, -0.15) is 4.31 Å². The highest BCUT2D eigenvalue weighted by Crippen LogP contribution is 2.27. The van der Waals surface area contributed by atoms with E-state index in [9.17, 15) is 18.0 Å². The minimum Gasteiger partial charge on any atom is -0.460 e. The van der Waals surface area contributed by atoms with E-state index in [1.54, 1.807) is 6.92 Å². The van der Waals surface area contributed by atoms with Crippen LogP contribution in [0.25, 0.3) is 0 Å². The average Bonchev–Trinajstić information content (AvgIpc) is 3.46. The van der Waals surface area contributed by atoms with E-state index >= 15 is 0 Å². The molecule has 1 aliphatic heterocycles. The fraction of sp³-hybridized carbons (Fsp3) is 0.700. The average molecular weight is 442 g/mol. The fourth-order valence-electron chi connectivity index (χ4n) is 3.63. The van der Waals surface area contributed by atoms with E-state index in [0.29, 0.717) is 25.4 Å². The van der Waals surface area contributed by atoms with Crippen LogP contribution in [0.5, 0.6) is 0 Å². The Bertz CT molecular complexity index is 856. The van der Waals surface area contributed by atoms with E-state index in [0.717, 1.165) is 0 Å². The Morgan fingerprint density at radius 2 is 1.93 bits per heavy atom. The quantitative estimate of drug-likeness (QED) is 0.578. The number of esters is 1. The second kappa shape index (κ2) is 9.49. The number of hydrogen-bond donors (Lipinski definition) is 1. The zero-order valence-corrected chi connectivity index (χ0v) is 18.6. The zero-order chi connectivity index (χ0) is 21.9. The van der Waals surface area contributed by atoms with Gasteiger partial charge in [-0.25, -0.2) is 13.2 Å². The molecule has 1 saturated carbocycles. The molecule has 1 amide bonds. The van der Waals surface area contributed by atoms with Crippen LogP contribution < -0.4 is 5.32 Å². The Morgan fingerprint density at radius 1 is 1.27 bits per heavy atom. The van der Waals surface area contributed by atoms with E-state index in [2.05, 4.69) is 24.2 Å². The summed E-state index contributed by atoms with van der Waals surface area (Å²) in [7, 11) is -1.77. The van der Waals surface area contributed by atoms with Crippen LogP contribution in [0.15, 0.2) is 21.6 Å². The molecular formula is C20H31N3O6S. The number of amides is 1. The summed E-state index contributed by atoms with van der Waals surface area (Å²) in [6.07, 6.45) is 3.34. The predicted molar refractivity (Wildman–Crippen MR) is 109 cm³/mol. The van der Waals surface area contributed by atoms with Crippen LogP contribution >= 0.6 is 0 Å². The number of likely N-dealkylation sites (N-methyl/N-ethyl adjacent to an activating group) is 1. The maximum atomic E-state index is 12.8. The van der Waals surface area contributed by atoms with Gasteiger partial charge in [0.05, 0.1) is 6.61 Å². The molecule has 1 aromatic heterocycles. The Kier molecular flexibility index (Phi) is 7.20. The molecule has 1 N–H and O–H groups in total. The molecule has 0 radical (unpaired) electrons. The number of furan rings is 1. The maximum absolute atomic E-state index is 12.8. The van der Waals surface area contributed by atoms with Crippen molar-refractivity contribution in [1.29, 1.82) is 0 Å². The molecule has 2 heterocycles. The molecule has 0 bridgehead atoms. The minimum absolute atomic E-state index is 0.0225. The number of rotatable bonds is 9. The van der Waals surface area contributed by atoms with Crippen LogP contribution in [0.1, 0.15) is 50.1 Å². The van der Waals surface area contributed by atoms with Crippen LogP contribution in [-0.2, 0) is 19.6 Å². The summed E-state index contributed by atoms with van der Waals surface area (Å²) < 4.78 is 36.9. The zero-order valence-electron chi connectivity index (χ0n) is 17.8. The maximum Gasteiger partial charge on any atom is 0.374 e. The lowest BCUT2D eigenvalue weighted by Crippen LogP contribution is -2.46. The van der Waals surface area contributed by atoms with Crippen molar-refractivity contribution in [2.75, 3.05) is 33.3 Å². The largest absolute Gasteiger partial charge is 0.460 e. The number of piperidine rings is 1. The number of ether oxygens (including phenoxy) is 1. The van der Waals surface area contributed by atoms with E-state index in [1.165, 1.54) is 29.3 Å². The summed E-state index contributed by atoms with van der Waals surface area (Å²) in [5.41, 5.74) is 0. The van der Waals surface area contributed by atoms with Gasteiger partial charge in [0.2, 0.25) is 16.8 Å². The number of hydrogen-bond acceptors (Lipinski definition) is 7. The first kappa shape index (κ1) is 22.8. The Morgan fingerprint density at radius 3 is 2.53 bits per heavy atom. The lowest BCUT2D eigenvalue weighted by molar-refractivity contribution is -0.126. The van der Waals surface area contributed by atoms with Gasteiger partial charge < -0.3 is 14.5 Å². The predicted octanol–water partition coefficient (Wildman–Crippen LogP) is 1.46. The smallest absolute Gasteiger partial charge is 0.374 e. The molecule has 1 saturated heterocycles. The van der Waals surface area contributed by atoms with Gasteiger partial charge in [0, 0.05) is 37.6 Å². The highest BCUT2D eigenvalue weighted by molar-refractivity contribution is 7.89.